The van der Waals surface area contributed by atoms with Crippen molar-refractivity contribution in [3.05, 3.63) is 12.7 Å². The molecule has 0 bridgehead atoms. The largest absolute Gasteiger partial charge is 0.544 e. The van der Waals surface area contributed by atoms with E-state index < -0.39 is 40.5 Å². The van der Waals surface area contributed by atoms with Gasteiger partial charge in [-0.05, 0) is 25.7 Å². The number of rotatable bonds is 24. The van der Waals surface area contributed by atoms with Crippen molar-refractivity contribution in [1.82, 2.24) is 0 Å². The van der Waals surface area contributed by atoms with Gasteiger partial charge in [0.05, 0.1) is 12.5 Å². The molecule has 0 aliphatic carbocycles. The molecule has 0 radical (unpaired) electrons. The Kier molecular flexibility index (Phi) is 18.3. The number of unbranched alkanes of at least 4 members (excludes halogenated alkanes) is 12. The molecule has 0 aromatic carbocycles. The third-order valence-corrected chi connectivity index (χ3v) is 7.45. The topological polar surface area (TPSA) is 115 Å². The summed E-state index contributed by atoms with van der Waals surface area (Å²) < 4.78 is -0.469. The van der Waals surface area contributed by atoms with E-state index in [-0.39, 0.29) is 25.8 Å². The van der Waals surface area contributed by atoms with Gasteiger partial charge in [0.1, 0.15) is 6.04 Å². The maximum Gasteiger partial charge on any atom is 0.362 e. The Bertz CT molecular complexity index is 566. The Labute approximate surface area is 213 Å². The van der Waals surface area contributed by atoms with Crippen molar-refractivity contribution in [2.24, 2.45) is 0 Å². The van der Waals surface area contributed by atoms with Gasteiger partial charge in [-0.3, -0.25) is 4.48 Å². The molecule has 204 valence electrons. The molecular formula is C28H51NO6. The van der Waals surface area contributed by atoms with Crippen molar-refractivity contribution in [3.8, 4) is 0 Å². The molecule has 0 saturated heterocycles. The lowest BCUT2D eigenvalue weighted by molar-refractivity contribution is -0.974. The first-order valence-corrected chi connectivity index (χ1v) is 13.9. The number of carbonyl (C=O) groups excluding carboxylic acids is 1. The molecule has 0 spiro atoms. The number of quaternary nitrogens is 1. The zero-order valence-electron chi connectivity index (χ0n) is 22.5. The maximum absolute atomic E-state index is 12.2. The Morgan fingerprint density at radius 2 is 1.03 bits per heavy atom. The predicted octanol–water partition coefficient (Wildman–Crippen LogP) is 5.32. The summed E-state index contributed by atoms with van der Waals surface area (Å²) >= 11 is 0. The van der Waals surface area contributed by atoms with E-state index in [4.69, 9.17) is 0 Å². The van der Waals surface area contributed by atoms with Crippen molar-refractivity contribution in [1.29, 1.82) is 0 Å². The van der Waals surface area contributed by atoms with E-state index in [2.05, 4.69) is 6.58 Å². The summed E-state index contributed by atoms with van der Waals surface area (Å²) in [5.74, 6) is -3.66. The molecule has 0 aliphatic heterocycles. The van der Waals surface area contributed by atoms with Crippen LogP contribution in [0.3, 0.4) is 0 Å². The van der Waals surface area contributed by atoms with Crippen LogP contribution in [0.1, 0.15) is 124 Å². The molecule has 0 aromatic rings. The summed E-state index contributed by atoms with van der Waals surface area (Å²) in [5.41, 5.74) is 0. The number of allylic oxidation sites excluding steroid dienone is 1. The third kappa shape index (κ3) is 11.1. The minimum atomic E-state index is -1.37. The van der Waals surface area contributed by atoms with E-state index in [1.54, 1.807) is 20.8 Å². The first-order chi connectivity index (χ1) is 16.7. The smallest absolute Gasteiger partial charge is 0.362 e. The van der Waals surface area contributed by atoms with Crippen LogP contribution < -0.4 is 5.11 Å². The standard InChI is InChI=1S/C28H51NO6/c1-5-9-10-11-12-13-14-15-16-17-18-19-20-21-22-29(23(6-2)26(30)31,24(7-3)27(32)33)25(8-4)28(34)35/h5,23-25H,1,6-22H2,2-4H3,(H2-,30,31,32,33,34,35). The lowest BCUT2D eigenvalue weighted by atomic mass is 9.93. The fraction of sp³-hybridized carbons (Fsp3) is 0.821. The second-order valence-electron chi connectivity index (χ2n) is 9.81. The van der Waals surface area contributed by atoms with E-state index in [9.17, 15) is 29.7 Å². The Hall–Kier alpha value is -1.89. The van der Waals surface area contributed by atoms with Crippen LogP contribution in [0.4, 0.5) is 0 Å². The number of carboxylic acids is 3. The van der Waals surface area contributed by atoms with Crippen LogP contribution in [0.25, 0.3) is 0 Å². The molecule has 0 rings (SSSR count). The monoisotopic (exact) mass is 497 g/mol. The van der Waals surface area contributed by atoms with Crippen LogP contribution in [-0.2, 0) is 14.4 Å². The average molecular weight is 498 g/mol. The van der Waals surface area contributed by atoms with Gasteiger partial charge in [-0.1, -0.05) is 84.6 Å². The van der Waals surface area contributed by atoms with Gasteiger partial charge in [-0.15, -0.1) is 6.58 Å². The van der Waals surface area contributed by atoms with Gasteiger partial charge < -0.3 is 20.1 Å². The van der Waals surface area contributed by atoms with Crippen molar-refractivity contribution in [2.45, 2.75) is 142 Å². The Balaban J connectivity index is 4.91. The van der Waals surface area contributed by atoms with Gasteiger partial charge >= 0.3 is 11.9 Å². The Morgan fingerprint density at radius 1 is 0.686 bits per heavy atom. The fourth-order valence-corrected chi connectivity index (χ4v) is 5.70. The summed E-state index contributed by atoms with van der Waals surface area (Å²) in [6, 6.07) is -3.37. The first-order valence-electron chi connectivity index (χ1n) is 13.9. The molecule has 7 nitrogen and oxygen atoms in total. The highest BCUT2D eigenvalue weighted by Crippen LogP contribution is 2.32. The molecule has 35 heavy (non-hydrogen) atoms. The highest BCUT2D eigenvalue weighted by molar-refractivity contribution is 5.77. The summed E-state index contributed by atoms with van der Waals surface area (Å²) in [6.07, 6.45) is 17.0. The molecule has 0 saturated carbocycles. The van der Waals surface area contributed by atoms with Crippen molar-refractivity contribution in [2.75, 3.05) is 6.54 Å². The molecule has 2 N–H and O–H groups in total. The minimum absolute atomic E-state index is 0.129. The van der Waals surface area contributed by atoms with Crippen molar-refractivity contribution in [3.63, 3.8) is 0 Å². The lowest BCUT2D eigenvalue weighted by Gasteiger charge is -2.51. The van der Waals surface area contributed by atoms with E-state index in [0.29, 0.717) is 6.42 Å². The molecular weight excluding hydrogens is 446 g/mol. The van der Waals surface area contributed by atoms with Gasteiger partial charge in [0, 0.05) is 19.3 Å². The molecule has 0 aromatic heterocycles. The quantitative estimate of drug-likeness (QED) is 0.106. The average Bonchev–Trinajstić information content (AvgIpc) is 2.79. The maximum atomic E-state index is 12.2. The van der Waals surface area contributed by atoms with E-state index >= 15 is 0 Å². The molecule has 3 atom stereocenters. The van der Waals surface area contributed by atoms with Gasteiger partial charge in [-0.2, -0.15) is 0 Å². The highest BCUT2D eigenvalue weighted by Gasteiger charge is 2.53. The molecule has 3 unspecified atom stereocenters. The molecule has 0 heterocycles. The van der Waals surface area contributed by atoms with Crippen LogP contribution in [-0.4, -0.2) is 57.3 Å². The SMILES string of the molecule is C=CCCCCCCCCCCCCCC[N+](C(CC)C(=O)[O-])(C(CC)C(=O)O)C(CC)C(=O)O. The fourth-order valence-electron chi connectivity index (χ4n) is 5.70. The highest BCUT2D eigenvalue weighted by atomic mass is 16.4. The van der Waals surface area contributed by atoms with Crippen LogP contribution >= 0.6 is 0 Å². The first kappa shape index (κ1) is 33.1. The van der Waals surface area contributed by atoms with Crippen molar-refractivity contribution < 1.29 is 34.2 Å². The zero-order chi connectivity index (χ0) is 26.7. The number of aliphatic carboxylic acids is 3. The molecule has 0 aliphatic rings. The summed E-state index contributed by atoms with van der Waals surface area (Å²) in [6.45, 7) is 9.00. The summed E-state index contributed by atoms with van der Waals surface area (Å²) in [4.78, 5) is 36.5. The number of hydrogen-bond acceptors (Lipinski definition) is 4. The van der Waals surface area contributed by atoms with Crippen LogP contribution in [0.2, 0.25) is 0 Å². The van der Waals surface area contributed by atoms with Crippen LogP contribution in [0.15, 0.2) is 12.7 Å². The van der Waals surface area contributed by atoms with Gasteiger partial charge in [0.2, 0.25) is 0 Å². The Morgan fingerprint density at radius 3 is 1.31 bits per heavy atom. The van der Waals surface area contributed by atoms with Gasteiger partial charge in [0.25, 0.3) is 0 Å². The number of hydrogen-bond donors (Lipinski definition) is 2. The third-order valence-electron chi connectivity index (χ3n) is 7.45. The normalized spacial score (nSPS) is 15.6. The van der Waals surface area contributed by atoms with Crippen molar-refractivity contribution >= 4 is 17.9 Å². The molecule has 7 heteroatoms. The zero-order valence-corrected chi connectivity index (χ0v) is 22.5. The summed E-state index contributed by atoms with van der Waals surface area (Å²) in [5, 5.41) is 32.0. The number of carbonyl (C=O) groups is 3. The molecule has 0 amide bonds. The van der Waals surface area contributed by atoms with Gasteiger partial charge in [0.15, 0.2) is 12.1 Å². The van der Waals surface area contributed by atoms with Crippen LogP contribution in [0.5, 0.6) is 0 Å². The van der Waals surface area contributed by atoms with E-state index in [1.165, 1.54) is 44.9 Å². The summed E-state index contributed by atoms with van der Waals surface area (Å²) in [7, 11) is 0. The lowest BCUT2D eigenvalue weighted by Crippen LogP contribution is -2.73. The van der Waals surface area contributed by atoms with E-state index in [1.807, 2.05) is 6.08 Å². The number of carboxylic acid groups (broad SMARTS) is 3. The minimum Gasteiger partial charge on any atom is -0.544 e. The predicted molar refractivity (Wildman–Crippen MR) is 138 cm³/mol. The second kappa shape index (κ2) is 19.3. The van der Waals surface area contributed by atoms with Gasteiger partial charge in [-0.25, -0.2) is 9.59 Å². The van der Waals surface area contributed by atoms with E-state index in [0.717, 1.165) is 32.1 Å². The number of nitrogens with zero attached hydrogens (tertiary/aromatic N) is 1. The van der Waals surface area contributed by atoms with Crippen LogP contribution in [0, 0.1) is 0 Å². The molecule has 0 fully saturated rings. The second-order valence-corrected chi connectivity index (χ2v) is 9.81.